The van der Waals surface area contributed by atoms with Gasteiger partial charge >= 0.3 is 5.69 Å². The van der Waals surface area contributed by atoms with E-state index in [0.29, 0.717) is 16.7 Å². The average molecular weight is 477 g/mol. The lowest BCUT2D eigenvalue weighted by Gasteiger charge is -2.14. The maximum atomic E-state index is 12.6. The zero-order valence-corrected chi connectivity index (χ0v) is 19.8. The molecule has 9 nitrogen and oxygen atoms in total. The Balaban J connectivity index is 1.65. The third-order valence-corrected chi connectivity index (χ3v) is 6.15. The van der Waals surface area contributed by atoms with Gasteiger partial charge in [-0.2, -0.15) is 0 Å². The first-order chi connectivity index (χ1) is 16.3. The van der Waals surface area contributed by atoms with Gasteiger partial charge in [0.05, 0.1) is 11.4 Å². The Kier molecular flexibility index (Phi) is 6.78. The van der Waals surface area contributed by atoms with Crippen LogP contribution in [0.15, 0.2) is 63.3 Å². The number of aromatic nitrogens is 5. The number of para-hydroxylation sites is 1. The number of benzene rings is 2. The first kappa shape index (κ1) is 23.2. The number of H-pyrrole nitrogens is 2. The van der Waals surface area contributed by atoms with E-state index in [0.717, 1.165) is 28.1 Å². The number of rotatable bonds is 7. The van der Waals surface area contributed by atoms with Crippen LogP contribution in [0.3, 0.4) is 0 Å². The van der Waals surface area contributed by atoms with Crippen molar-refractivity contribution in [3.8, 4) is 5.69 Å². The molecule has 0 saturated carbocycles. The molecule has 0 bridgehead atoms. The summed E-state index contributed by atoms with van der Waals surface area (Å²) in [6.07, 6.45) is 0.190. The Bertz CT molecular complexity index is 1440. The number of aryl methyl sites for hydroxylation is 3. The molecule has 0 radical (unpaired) electrons. The highest BCUT2D eigenvalue weighted by molar-refractivity contribution is 7.99. The van der Waals surface area contributed by atoms with Crippen molar-refractivity contribution in [3.63, 3.8) is 0 Å². The zero-order valence-electron chi connectivity index (χ0n) is 19.0. The van der Waals surface area contributed by atoms with Crippen molar-refractivity contribution in [1.82, 2.24) is 24.7 Å². The Morgan fingerprint density at radius 1 is 1.00 bits per heavy atom. The Hall–Kier alpha value is -3.92. The van der Waals surface area contributed by atoms with Gasteiger partial charge in [-0.15, -0.1) is 10.2 Å². The van der Waals surface area contributed by atoms with Crippen LogP contribution in [-0.2, 0) is 11.2 Å². The maximum Gasteiger partial charge on any atom is 0.325 e. The van der Waals surface area contributed by atoms with E-state index in [2.05, 4.69) is 25.5 Å². The van der Waals surface area contributed by atoms with E-state index >= 15 is 0 Å². The molecule has 0 aliphatic carbocycles. The minimum absolute atomic E-state index is 0.138. The lowest BCUT2D eigenvalue weighted by molar-refractivity contribution is -0.113. The van der Waals surface area contributed by atoms with Crippen LogP contribution in [0.2, 0.25) is 0 Å². The van der Waals surface area contributed by atoms with Crippen molar-refractivity contribution in [3.05, 3.63) is 97.6 Å². The van der Waals surface area contributed by atoms with E-state index in [1.54, 1.807) is 0 Å². The highest BCUT2D eigenvalue weighted by Gasteiger charge is 2.18. The Morgan fingerprint density at radius 2 is 1.79 bits per heavy atom. The third-order valence-electron chi connectivity index (χ3n) is 5.22. The van der Waals surface area contributed by atoms with Crippen molar-refractivity contribution in [1.29, 1.82) is 0 Å². The number of nitrogens with one attached hydrogen (secondary N) is 3. The van der Waals surface area contributed by atoms with E-state index in [1.165, 1.54) is 17.8 Å². The van der Waals surface area contributed by atoms with Gasteiger partial charge in [-0.05, 0) is 49.6 Å². The summed E-state index contributed by atoms with van der Waals surface area (Å²) in [7, 11) is 0. The molecular formula is C24H24N6O3S. The summed E-state index contributed by atoms with van der Waals surface area (Å²) in [4.78, 5) is 40.9. The summed E-state index contributed by atoms with van der Waals surface area (Å²) in [5, 5.41) is 12.1. The number of carbonyl (C=O) groups excluding carboxylic acids is 1. The van der Waals surface area contributed by atoms with Gasteiger partial charge in [-0.25, -0.2) is 4.79 Å². The lowest BCUT2D eigenvalue weighted by atomic mass is 10.1. The van der Waals surface area contributed by atoms with Crippen molar-refractivity contribution >= 4 is 23.4 Å². The summed E-state index contributed by atoms with van der Waals surface area (Å²) in [6.45, 7) is 5.90. The molecule has 0 aliphatic rings. The summed E-state index contributed by atoms with van der Waals surface area (Å²) in [6, 6.07) is 14.9. The molecule has 2 aromatic heterocycles. The van der Waals surface area contributed by atoms with E-state index < -0.39 is 11.2 Å². The van der Waals surface area contributed by atoms with Gasteiger partial charge in [0.15, 0.2) is 5.16 Å². The predicted molar refractivity (Wildman–Crippen MR) is 132 cm³/mol. The molecule has 10 heteroatoms. The topological polar surface area (TPSA) is 126 Å². The molecule has 1 amide bonds. The number of aromatic amines is 2. The second-order valence-electron chi connectivity index (χ2n) is 7.97. The fourth-order valence-electron chi connectivity index (χ4n) is 3.53. The number of hydrogen-bond donors (Lipinski definition) is 3. The summed E-state index contributed by atoms with van der Waals surface area (Å²) >= 11 is 1.26. The number of amides is 1. The van der Waals surface area contributed by atoms with Crippen LogP contribution in [0.4, 0.5) is 5.69 Å². The second kappa shape index (κ2) is 9.92. The van der Waals surface area contributed by atoms with Crippen molar-refractivity contribution in [2.75, 3.05) is 11.1 Å². The fraction of sp³-hybridized carbons (Fsp3) is 0.208. The van der Waals surface area contributed by atoms with Gasteiger partial charge in [0.25, 0.3) is 5.56 Å². The van der Waals surface area contributed by atoms with Crippen LogP contribution in [-0.4, -0.2) is 36.4 Å². The molecule has 0 saturated heterocycles. The van der Waals surface area contributed by atoms with Crippen LogP contribution >= 0.6 is 11.8 Å². The van der Waals surface area contributed by atoms with Gasteiger partial charge in [-0.3, -0.25) is 19.1 Å². The molecule has 0 aliphatic heterocycles. The van der Waals surface area contributed by atoms with Crippen LogP contribution in [0, 0.1) is 20.8 Å². The lowest BCUT2D eigenvalue weighted by Crippen LogP contribution is -2.23. The number of nitrogens with zero attached hydrogens (tertiary/aromatic N) is 3. The molecule has 34 heavy (non-hydrogen) atoms. The first-order valence-corrected chi connectivity index (χ1v) is 11.6. The standard InChI is InChI=1S/C24H24N6O3S/c1-14-8-9-16(3)19(10-14)30-20(11-17-12-21(31)27-23(33)25-17)28-29-24(30)34-13-22(32)26-18-7-5-4-6-15(18)2/h4-10,12H,11,13H2,1-3H3,(H,26,32)(H2,25,27,31,33). The minimum atomic E-state index is -0.581. The molecule has 0 atom stereocenters. The van der Waals surface area contributed by atoms with Crippen LogP contribution < -0.4 is 16.6 Å². The maximum absolute atomic E-state index is 12.6. The summed E-state index contributed by atoms with van der Waals surface area (Å²) in [5.41, 5.74) is 4.02. The zero-order chi connectivity index (χ0) is 24.2. The highest BCUT2D eigenvalue weighted by Crippen LogP contribution is 2.26. The van der Waals surface area contributed by atoms with Crippen molar-refractivity contribution in [2.24, 2.45) is 0 Å². The quantitative estimate of drug-likeness (QED) is 0.352. The average Bonchev–Trinajstić information content (AvgIpc) is 3.17. The van der Waals surface area contributed by atoms with E-state index in [1.807, 2.05) is 67.8 Å². The molecule has 3 N–H and O–H groups in total. The van der Waals surface area contributed by atoms with Crippen molar-refractivity contribution in [2.45, 2.75) is 32.3 Å². The molecular weight excluding hydrogens is 452 g/mol. The number of anilines is 1. The molecule has 0 spiro atoms. The molecule has 4 rings (SSSR count). The Labute approximate surface area is 199 Å². The first-order valence-electron chi connectivity index (χ1n) is 10.6. The second-order valence-corrected chi connectivity index (χ2v) is 8.91. The fourth-order valence-corrected chi connectivity index (χ4v) is 4.29. The smallest absolute Gasteiger partial charge is 0.325 e. The molecule has 0 fully saturated rings. The van der Waals surface area contributed by atoms with E-state index in [9.17, 15) is 14.4 Å². The van der Waals surface area contributed by atoms with Gasteiger partial charge < -0.3 is 10.3 Å². The van der Waals surface area contributed by atoms with Gasteiger partial charge in [0, 0.05) is 23.9 Å². The predicted octanol–water partition coefficient (Wildman–Crippen LogP) is 2.89. The van der Waals surface area contributed by atoms with Crippen LogP contribution in [0.25, 0.3) is 5.69 Å². The number of carbonyl (C=O) groups is 1. The number of hydrogen-bond acceptors (Lipinski definition) is 6. The summed E-state index contributed by atoms with van der Waals surface area (Å²) < 4.78 is 1.87. The van der Waals surface area contributed by atoms with Crippen LogP contribution in [0.1, 0.15) is 28.2 Å². The van der Waals surface area contributed by atoms with E-state index in [4.69, 9.17) is 0 Å². The molecule has 4 aromatic rings. The molecule has 174 valence electrons. The monoisotopic (exact) mass is 476 g/mol. The van der Waals surface area contributed by atoms with Crippen molar-refractivity contribution < 1.29 is 4.79 Å². The number of thioether (sulfide) groups is 1. The van der Waals surface area contributed by atoms with Gasteiger partial charge in [-0.1, -0.05) is 42.1 Å². The van der Waals surface area contributed by atoms with Gasteiger partial charge in [0.1, 0.15) is 5.82 Å². The normalized spacial score (nSPS) is 10.9. The highest BCUT2D eigenvalue weighted by atomic mass is 32.2. The Morgan fingerprint density at radius 3 is 2.56 bits per heavy atom. The van der Waals surface area contributed by atoms with Crippen LogP contribution in [0.5, 0.6) is 0 Å². The summed E-state index contributed by atoms with van der Waals surface area (Å²) in [5.74, 6) is 0.520. The SMILES string of the molecule is Cc1ccc(C)c(-n2c(Cc3cc(=O)[nH]c(=O)[nH]3)nnc2SCC(=O)Nc2ccccc2C)c1. The molecule has 2 heterocycles. The minimum Gasteiger partial charge on any atom is -0.325 e. The molecule has 2 aromatic carbocycles. The molecule has 0 unspecified atom stereocenters. The largest absolute Gasteiger partial charge is 0.325 e. The van der Waals surface area contributed by atoms with E-state index in [-0.39, 0.29) is 18.1 Å². The third kappa shape index (κ3) is 5.34. The van der Waals surface area contributed by atoms with Gasteiger partial charge in [0.2, 0.25) is 5.91 Å².